The maximum absolute atomic E-state index is 7.37. The van der Waals surface area contributed by atoms with Crippen molar-refractivity contribution in [2.45, 2.75) is 13.8 Å². The molecular weight excluding hydrogens is 398 g/mol. The Morgan fingerprint density at radius 3 is 2.62 bits per heavy atom. The fourth-order valence-corrected chi connectivity index (χ4v) is 4.19. The van der Waals surface area contributed by atoms with Crippen LogP contribution in [0.1, 0.15) is 17.0 Å². The minimum absolute atomic E-state index is 0.251. The molecule has 5 rings (SSSR count). The van der Waals surface area contributed by atoms with Gasteiger partial charge in [-0.3, -0.25) is 19.9 Å². The molecule has 7 heteroatoms. The van der Waals surface area contributed by atoms with Gasteiger partial charge in [-0.15, -0.1) is 0 Å². The van der Waals surface area contributed by atoms with Crippen LogP contribution in [0.5, 0.6) is 0 Å². The first-order valence-corrected chi connectivity index (χ1v) is 10.2. The number of imidazole rings is 1. The number of hydrogen-bond donors (Lipinski definition) is 2. The highest BCUT2D eigenvalue weighted by Crippen LogP contribution is 2.33. The molecule has 0 aliphatic rings. The first-order valence-electron chi connectivity index (χ1n) is 10.2. The van der Waals surface area contributed by atoms with E-state index in [0.717, 1.165) is 56.5 Å². The van der Waals surface area contributed by atoms with Crippen molar-refractivity contribution in [1.82, 2.24) is 19.5 Å². The molecule has 0 unspecified atom stereocenters. The fraction of sp³-hybridized carbons (Fsp3) is 0.0800. The maximum Gasteiger partial charge on any atom is 0.134 e. The number of aryl methyl sites for hydroxylation is 2. The topological polar surface area (TPSA) is 106 Å². The second kappa shape index (κ2) is 7.70. The van der Waals surface area contributed by atoms with Crippen LogP contribution < -0.4 is 5.73 Å². The zero-order valence-electron chi connectivity index (χ0n) is 17.7. The molecule has 0 fully saturated rings. The summed E-state index contributed by atoms with van der Waals surface area (Å²) in [4.78, 5) is 17.6. The molecule has 0 atom stereocenters. The molecule has 32 heavy (non-hydrogen) atoms. The molecule has 0 aliphatic carbocycles. The summed E-state index contributed by atoms with van der Waals surface area (Å²) in [7, 11) is 0. The Hall–Kier alpha value is -4.39. The summed E-state index contributed by atoms with van der Waals surface area (Å²) in [6.45, 7) is 4.06. The van der Waals surface area contributed by atoms with E-state index in [0.29, 0.717) is 5.56 Å². The molecular formula is C25H21N7. The Bertz CT molecular complexity index is 1510. The molecule has 0 saturated heterocycles. The molecule has 3 aromatic heterocycles. The fourth-order valence-electron chi connectivity index (χ4n) is 4.19. The summed E-state index contributed by atoms with van der Waals surface area (Å²) in [5, 5.41) is 8.45. The van der Waals surface area contributed by atoms with Crippen LogP contribution >= 0.6 is 0 Å². The average Bonchev–Trinajstić information content (AvgIpc) is 3.14. The lowest BCUT2D eigenvalue weighted by molar-refractivity contribution is 1.01. The van der Waals surface area contributed by atoms with Crippen LogP contribution in [0.3, 0.4) is 0 Å². The molecule has 5 aromatic rings. The maximum atomic E-state index is 7.37. The molecule has 0 saturated carbocycles. The van der Waals surface area contributed by atoms with Gasteiger partial charge in [0.1, 0.15) is 23.5 Å². The summed E-state index contributed by atoms with van der Waals surface area (Å²) >= 11 is 0. The molecule has 7 nitrogen and oxygen atoms in total. The Balaban J connectivity index is 1.90. The summed E-state index contributed by atoms with van der Waals surface area (Å²) < 4.78 is 2.14. The number of nitrogens with one attached hydrogen (secondary N) is 1. The number of aromatic nitrogens is 4. The number of hydrogen-bond acceptors (Lipinski definition) is 4. The van der Waals surface area contributed by atoms with Crippen molar-refractivity contribution >= 4 is 34.1 Å². The number of benzene rings is 2. The molecule has 0 amide bonds. The van der Waals surface area contributed by atoms with Crippen LogP contribution in [0.15, 0.2) is 72.1 Å². The zero-order chi connectivity index (χ0) is 22.2. The number of nitrogens with two attached hydrogens (primary N) is 1. The van der Waals surface area contributed by atoms with Crippen molar-refractivity contribution in [3.8, 4) is 16.8 Å². The van der Waals surface area contributed by atoms with Crippen molar-refractivity contribution in [3.63, 3.8) is 0 Å². The van der Waals surface area contributed by atoms with Crippen LogP contribution in [-0.2, 0) is 0 Å². The van der Waals surface area contributed by atoms with Crippen LogP contribution in [0, 0.1) is 19.3 Å². The van der Waals surface area contributed by atoms with E-state index in [9.17, 15) is 0 Å². The standard InChI is InChI=1S/C25H21N7/c1-15-4-3-5-20-23(15)21(8-11-29-20)32-16(2)31-24-19(25(27)30-14-26)12-18(13-22(24)32)17-6-9-28-10-7-17/h3-14H,1-2H3,(H3,26,27,30). The van der Waals surface area contributed by atoms with Gasteiger partial charge < -0.3 is 5.73 Å². The van der Waals surface area contributed by atoms with Gasteiger partial charge in [0.25, 0.3) is 0 Å². The van der Waals surface area contributed by atoms with Crippen LogP contribution in [-0.4, -0.2) is 31.7 Å². The first kappa shape index (κ1) is 19.6. The van der Waals surface area contributed by atoms with E-state index in [4.69, 9.17) is 16.1 Å². The Morgan fingerprint density at radius 1 is 1.03 bits per heavy atom. The summed E-state index contributed by atoms with van der Waals surface area (Å²) in [5.74, 6) is 1.08. The lowest BCUT2D eigenvalue weighted by Gasteiger charge is -2.13. The van der Waals surface area contributed by atoms with E-state index in [-0.39, 0.29) is 5.84 Å². The second-order valence-electron chi connectivity index (χ2n) is 7.56. The minimum Gasteiger partial charge on any atom is -0.383 e. The second-order valence-corrected chi connectivity index (χ2v) is 7.56. The third kappa shape index (κ3) is 3.11. The number of aliphatic imine (C=N–C) groups is 1. The number of amidine groups is 1. The van der Waals surface area contributed by atoms with Gasteiger partial charge in [-0.05, 0) is 66.9 Å². The molecule has 2 aromatic carbocycles. The Labute approximate surface area is 184 Å². The van der Waals surface area contributed by atoms with Crippen LogP contribution in [0.25, 0.3) is 38.8 Å². The predicted octanol–water partition coefficient (Wildman–Crippen LogP) is 4.56. The predicted molar refractivity (Wildman–Crippen MR) is 129 cm³/mol. The van der Waals surface area contributed by atoms with Crippen LogP contribution in [0.4, 0.5) is 0 Å². The van der Waals surface area contributed by atoms with Gasteiger partial charge in [-0.1, -0.05) is 12.1 Å². The van der Waals surface area contributed by atoms with E-state index in [2.05, 4.69) is 38.6 Å². The van der Waals surface area contributed by atoms with Crippen molar-refractivity contribution in [1.29, 1.82) is 5.41 Å². The summed E-state index contributed by atoms with van der Waals surface area (Å²) in [5.41, 5.74) is 13.6. The summed E-state index contributed by atoms with van der Waals surface area (Å²) in [6.07, 6.45) is 6.29. The SMILES string of the molecule is Cc1cccc2nccc(-n3c(C)nc4c(C(N)=NC=N)cc(-c5ccncc5)cc43)c12. The Kier molecular flexibility index (Phi) is 4.71. The molecule has 156 valence electrons. The average molecular weight is 419 g/mol. The van der Waals surface area contributed by atoms with Gasteiger partial charge in [0.15, 0.2) is 0 Å². The van der Waals surface area contributed by atoms with Crippen LogP contribution in [0.2, 0.25) is 0 Å². The number of fused-ring (bicyclic) bond motifs is 2. The van der Waals surface area contributed by atoms with E-state index in [1.54, 1.807) is 12.4 Å². The molecule has 0 bridgehead atoms. The van der Waals surface area contributed by atoms with Crippen molar-refractivity contribution in [2.75, 3.05) is 0 Å². The van der Waals surface area contributed by atoms with Gasteiger partial charge in [0.05, 0.1) is 16.7 Å². The third-order valence-electron chi connectivity index (χ3n) is 5.62. The molecule has 0 radical (unpaired) electrons. The van der Waals surface area contributed by atoms with Gasteiger partial charge in [0.2, 0.25) is 0 Å². The molecule has 0 aliphatic heterocycles. The van der Waals surface area contributed by atoms with Crippen molar-refractivity contribution in [3.05, 3.63) is 84.1 Å². The van der Waals surface area contributed by atoms with Gasteiger partial charge >= 0.3 is 0 Å². The molecule has 0 spiro atoms. The lowest BCUT2D eigenvalue weighted by atomic mass is 10.0. The van der Waals surface area contributed by atoms with Crippen molar-refractivity contribution < 1.29 is 0 Å². The van der Waals surface area contributed by atoms with E-state index in [1.807, 2.05) is 49.5 Å². The largest absolute Gasteiger partial charge is 0.383 e. The van der Waals surface area contributed by atoms with E-state index < -0.39 is 0 Å². The van der Waals surface area contributed by atoms with Gasteiger partial charge in [-0.25, -0.2) is 9.98 Å². The summed E-state index contributed by atoms with van der Waals surface area (Å²) in [6, 6.07) is 16.1. The zero-order valence-corrected chi connectivity index (χ0v) is 17.7. The number of nitrogens with zero attached hydrogens (tertiary/aromatic N) is 5. The first-order chi connectivity index (χ1) is 15.6. The molecule has 3 heterocycles. The highest BCUT2D eigenvalue weighted by molar-refractivity contribution is 6.11. The normalized spacial score (nSPS) is 11.9. The number of rotatable bonds is 4. The lowest BCUT2D eigenvalue weighted by Crippen LogP contribution is -2.14. The van der Waals surface area contributed by atoms with Gasteiger partial charge in [-0.2, -0.15) is 0 Å². The van der Waals surface area contributed by atoms with Gasteiger partial charge in [0, 0.05) is 29.5 Å². The Morgan fingerprint density at radius 2 is 1.84 bits per heavy atom. The highest BCUT2D eigenvalue weighted by atomic mass is 15.1. The third-order valence-corrected chi connectivity index (χ3v) is 5.62. The smallest absolute Gasteiger partial charge is 0.134 e. The van der Waals surface area contributed by atoms with E-state index >= 15 is 0 Å². The monoisotopic (exact) mass is 419 g/mol. The number of pyridine rings is 2. The minimum atomic E-state index is 0.251. The highest BCUT2D eigenvalue weighted by Gasteiger charge is 2.19. The quantitative estimate of drug-likeness (QED) is 0.329. The van der Waals surface area contributed by atoms with Crippen molar-refractivity contribution in [2.24, 2.45) is 10.7 Å². The van der Waals surface area contributed by atoms with E-state index in [1.165, 1.54) is 0 Å². The molecule has 3 N–H and O–H groups in total.